The molecule has 0 fully saturated rings. The molecular formula is C16H22ClN3. The van der Waals surface area contributed by atoms with Gasteiger partial charge in [-0.1, -0.05) is 44.5 Å². The van der Waals surface area contributed by atoms with E-state index < -0.39 is 0 Å². The maximum atomic E-state index is 6.35. The quantitative estimate of drug-likeness (QED) is 0.886. The summed E-state index contributed by atoms with van der Waals surface area (Å²) in [5.41, 5.74) is 4.44. The molecule has 2 rings (SSSR count). The monoisotopic (exact) mass is 291 g/mol. The van der Waals surface area contributed by atoms with Crippen LogP contribution >= 0.6 is 11.6 Å². The van der Waals surface area contributed by atoms with E-state index in [1.807, 2.05) is 11.7 Å². The number of hydrogen-bond donors (Lipinski definition) is 1. The van der Waals surface area contributed by atoms with Crippen LogP contribution in [0.25, 0.3) is 0 Å². The highest BCUT2D eigenvalue weighted by Crippen LogP contribution is 2.23. The predicted molar refractivity (Wildman–Crippen MR) is 85.5 cm³/mol. The molecule has 0 amide bonds. The number of aryl methyl sites for hydroxylation is 2. The van der Waals surface area contributed by atoms with Gasteiger partial charge in [0.15, 0.2) is 0 Å². The molecule has 20 heavy (non-hydrogen) atoms. The molecule has 108 valence electrons. The Morgan fingerprint density at radius 2 is 2.10 bits per heavy atom. The first-order valence-corrected chi connectivity index (χ1v) is 7.44. The molecule has 3 nitrogen and oxygen atoms in total. The van der Waals surface area contributed by atoms with Crippen LogP contribution in [0.3, 0.4) is 0 Å². The molecule has 1 N–H and O–H groups in total. The third kappa shape index (κ3) is 3.15. The number of rotatable bonds is 5. The first kappa shape index (κ1) is 14.9. The Morgan fingerprint density at radius 1 is 1.35 bits per heavy atom. The van der Waals surface area contributed by atoms with Crippen molar-refractivity contribution in [2.24, 2.45) is 7.05 Å². The Bertz CT molecular complexity index is 587. The maximum absolute atomic E-state index is 6.35. The van der Waals surface area contributed by atoms with Gasteiger partial charge in [0.25, 0.3) is 0 Å². The van der Waals surface area contributed by atoms with Crippen LogP contribution in [0.15, 0.2) is 24.3 Å². The van der Waals surface area contributed by atoms with E-state index >= 15 is 0 Å². The predicted octanol–water partition coefficient (Wildman–Crippen LogP) is 4.37. The lowest BCUT2D eigenvalue weighted by atomic mass is 10.0. The van der Waals surface area contributed by atoms with Crippen molar-refractivity contribution in [1.29, 1.82) is 0 Å². The van der Waals surface area contributed by atoms with E-state index in [1.165, 1.54) is 5.56 Å². The number of nitrogens with one attached hydrogen (secondary N) is 1. The number of aromatic nitrogens is 2. The molecule has 0 saturated heterocycles. The second kappa shape index (κ2) is 6.31. The summed E-state index contributed by atoms with van der Waals surface area (Å²) in [5.74, 6) is 0.531. The average molecular weight is 292 g/mol. The van der Waals surface area contributed by atoms with Gasteiger partial charge in [0, 0.05) is 12.7 Å². The molecule has 2 aromatic rings. The molecule has 0 unspecified atom stereocenters. The van der Waals surface area contributed by atoms with E-state index in [9.17, 15) is 0 Å². The highest BCUT2D eigenvalue weighted by Gasteiger charge is 2.12. The lowest BCUT2D eigenvalue weighted by Gasteiger charge is -2.11. The van der Waals surface area contributed by atoms with Gasteiger partial charge in [0.2, 0.25) is 0 Å². The summed E-state index contributed by atoms with van der Waals surface area (Å²) in [6.45, 7) is 7.15. The fourth-order valence-corrected chi connectivity index (χ4v) is 2.57. The Morgan fingerprint density at radius 3 is 2.70 bits per heavy atom. The van der Waals surface area contributed by atoms with Crippen LogP contribution in [0.1, 0.15) is 43.6 Å². The zero-order valence-corrected chi connectivity index (χ0v) is 13.3. The zero-order chi connectivity index (χ0) is 14.7. The first-order valence-electron chi connectivity index (χ1n) is 7.07. The molecule has 0 aliphatic rings. The lowest BCUT2D eigenvalue weighted by Crippen LogP contribution is -2.06. The topological polar surface area (TPSA) is 29.9 Å². The van der Waals surface area contributed by atoms with Crippen molar-refractivity contribution in [3.05, 3.63) is 46.2 Å². The summed E-state index contributed by atoms with van der Waals surface area (Å²) in [4.78, 5) is 0. The van der Waals surface area contributed by atoms with Crippen molar-refractivity contribution in [3.63, 3.8) is 0 Å². The average Bonchev–Trinajstić information content (AvgIpc) is 2.71. The van der Waals surface area contributed by atoms with Gasteiger partial charge in [-0.15, -0.1) is 0 Å². The molecule has 4 heteroatoms. The minimum atomic E-state index is 0.531. The van der Waals surface area contributed by atoms with Crippen LogP contribution in [-0.4, -0.2) is 9.78 Å². The van der Waals surface area contributed by atoms with E-state index in [2.05, 4.69) is 55.5 Å². The summed E-state index contributed by atoms with van der Waals surface area (Å²) < 4.78 is 1.86. The van der Waals surface area contributed by atoms with Gasteiger partial charge in [0.05, 0.1) is 23.0 Å². The fraction of sp³-hybridized carbons (Fsp3) is 0.438. The van der Waals surface area contributed by atoms with E-state index in [1.54, 1.807) is 0 Å². The number of anilines is 1. The van der Waals surface area contributed by atoms with Crippen molar-refractivity contribution in [2.45, 2.75) is 39.7 Å². The zero-order valence-electron chi connectivity index (χ0n) is 12.6. The summed E-state index contributed by atoms with van der Waals surface area (Å²) in [6, 6.07) is 8.51. The van der Waals surface area contributed by atoms with E-state index in [0.717, 1.165) is 28.5 Å². The summed E-state index contributed by atoms with van der Waals surface area (Å²) >= 11 is 6.35. The normalized spacial score (nSPS) is 11.1. The SMILES string of the molecule is CCc1nn(C)c(CNc2cccc(C(C)C)c2)c1Cl. The number of nitrogens with zero attached hydrogens (tertiary/aromatic N) is 2. The van der Waals surface area contributed by atoms with Crippen LogP contribution in [0.5, 0.6) is 0 Å². The van der Waals surface area contributed by atoms with Gasteiger partial charge < -0.3 is 5.32 Å². The first-order chi connectivity index (χ1) is 9.52. The van der Waals surface area contributed by atoms with Gasteiger partial charge in [-0.05, 0) is 30.0 Å². The van der Waals surface area contributed by atoms with Crippen molar-refractivity contribution in [2.75, 3.05) is 5.32 Å². The molecule has 0 atom stereocenters. The highest BCUT2D eigenvalue weighted by atomic mass is 35.5. The van der Waals surface area contributed by atoms with Gasteiger partial charge in [0.1, 0.15) is 0 Å². The van der Waals surface area contributed by atoms with Crippen LogP contribution < -0.4 is 5.32 Å². The van der Waals surface area contributed by atoms with E-state index in [0.29, 0.717) is 12.5 Å². The van der Waals surface area contributed by atoms with E-state index in [-0.39, 0.29) is 0 Å². The molecule has 0 spiro atoms. The van der Waals surface area contributed by atoms with Crippen LogP contribution in [0.4, 0.5) is 5.69 Å². The van der Waals surface area contributed by atoms with E-state index in [4.69, 9.17) is 11.6 Å². The maximum Gasteiger partial charge on any atom is 0.0868 e. The van der Waals surface area contributed by atoms with Crippen LogP contribution in [0.2, 0.25) is 5.02 Å². The molecule has 1 aromatic carbocycles. The number of hydrogen-bond acceptors (Lipinski definition) is 2. The fourth-order valence-electron chi connectivity index (χ4n) is 2.21. The Balaban J connectivity index is 2.13. The Hall–Kier alpha value is -1.48. The minimum absolute atomic E-state index is 0.531. The van der Waals surface area contributed by atoms with Gasteiger partial charge in [-0.3, -0.25) is 4.68 Å². The number of benzene rings is 1. The summed E-state index contributed by atoms with van der Waals surface area (Å²) in [7, 11) is 1.94. The third-order valence-corrected chi connectivity index (χ3v) is 3.95. The Labute approximate surface area is 126 Å². The molecule has 0 aliphatic heterocycles. The van der Waals surface area contributed by atoms with Crippen molar-refractivity contribution in [3.8, 4) is 0 Å². The summed E-state index contributed by atoms with van der Waals surface area (Å²) in [5, 5.41) is 8.64. The molecule has 0 saturated carbocycles. The highest BCUT2D eigenvalue weighted by molar-refractivity contribution is 6.31. The molecule has 0 radical (unpaired) electrons. The second-order valence-electron chi connectivity index (χ2n) is 5.32. The largest absolute Gasteiger partial charge is 0.379 e. The second-order valence-corrected chi connectivity index (χ2v) is 5.70. The lowest BCUT2D eigenvalue weighted by molar-refractivity contribution is 0.707. The van der Waals surface area contributed by atoms with Crippen molar-refractivity contribution in [1.82, 2.24) is 9.78 Å². The smallest absolute Gasteiger partial charge is 0.0868 e. The van der Waals surface area contributed by atoms with Gasteiger partial charge in [-0.25, -0.2) is 0 Å². The molecule has 0 bridgehead atoms. The minimum Gasteiger partial charge on any atom is -0.379 e. The van der Waals surface area contributed by atoms with Gasteiger partial charge >= 0.3 is 0 Å². The van der Waals surface area contributed by atoms with Gasteiger partial charge in [-0.2, -0.15) is 5.10 Å². The van der Waals surface area contributed by atoms with Crippen LogP contribution in [-0.2, 0) is 20.0 Å². The molecule has 1 aromatic heterocycles. The standard InChI is InChI=1S/C16H22ClN3/c1-5-14-16(17)15(20(4)19-14)10-18-13-8-6-7-12(9-13)11(2)3/h6-9,11,18H,5,10H2,1-4H3. The third-order valence-electron chi connectivity index (χ3n) is 3.52. The Kier molecular flexibility index (Phi) is 4.71. The van der Waals surface area contributed by atoms with Crippen molar-refractivity contribution >= 4 is 17.3 Å². The summed E-state index contributed by atoms with van der Waals surface area (Å²) in [6.07, 6.45) is 0.857. The van der Waals surface area contributed by atoms with Crippen molar-refractivity contribution < 1.29 is 0 Å². The number of halogens is 1. The molecule has 1 heterocycles. The molecule has 0 aliphatic carbocycles. The molecular weight excluding hydrogens is 270 g/mol. The van der Waals surface area contributed by atoms with Crippen LogP contribution in [0, 0.1) is 0 Å².